The Bertz CT molecular complexity index is 1130. The smallest absolute Gasteiger partial charge is 0.331 e. The average molecular weight is 588 g/mol. The van der Waals surface area contributed by atoms with Gasteiger partial charge in [0.2, 0.25) is 0 Å². The number of carbonyl (C=O) groups excluding carboxylic acids is 1. The van der Waals surface area contributed by atoms with Gasteiger partial charge in [0.25, 0.3) is 5.09 Å². The standard InChI is InChI=1S/C33H49NO8/c1-6-12-23(13-11-19-32(2,3)18-9-7-8-10-20-40-34(38)39)31(37)41-25-15-16-26-27-21-24(30(35)36)14-17-28(27)33(4,5)42-29(26)22-25/h14-16,22-23,27-28H,6-13,17-21H2,1-5H3,(H,35,36)/t23?,27-,28+/m0/s1. The van der Waals surface area contributed by atoms with Crippen LogP contribution in [0.15, 0.2) is 29.8 Å². The molecule has 1 N–H and O–H groups in total. The van der Waals surface area contributed by atoms with Crippen LogP contribution in [-0.4, -0.2) is 34.3 Å². The van der Waals surface area contributed by atoms with E-state index in [1.807, 2.05) is 32.1 Å². The zero-order valence-corrected chi connectivity index (χ0v) is 26.0. The molecule has 0 saturated heterocycles. The Morgan fingerprint density at radius 1 is 1.14 bits per heavy atom. The van der Waals surface area contributed by atoms with E-state index in [0.717, 1.165) is 63.4 Å². The highest BCUT2D eigenvalue weighted by molar-refractivity contribution is 5.87. The number of nitrogens with zero attached hydrogens (tertiary/aromatic N) is 1. The van der Waals surface area contributed by atoms with Gasteiger partial charge in [-0.3, -0.25) is 4.79 Å². The molecule has 1 unspecified atom stereocenters. The summed E-state index contributed by atoms with van der Waals surface area (Å²) in [4.78, 5) is 39.5. The van der Waals surface area contributed by atoms with Crippen LogP contribution in [0.25, 0.3) is 0 Å². The maximum Gasteiger partial charge on any atom is 0.331 e. The molecule has 0 radical (unpaired) electrons. The quantitative estimate of drug-likeness (QED) is 0.0638. The van der Waals surface area contributed by atoms with Crippen molar-refractivity contribution in [2.75, 3.05) is 6.61 Å². The van der Waals surface area contributed by atoms with E-state index in [4.69, 9.17) is 9.47 Å². The number of fused-ring (bicyclic) bond motifs is 3. The molecular formula is C33H49NO8. The van der Waals surface area contributed by atoms with Crippen molar-refractivity contribution in [2.45, 2.75) is 123 Å². The maximum absolute atomic E-state index is 13.3. The molecule has 0 aromatic heterocycles. The lowest BCUT2D eigenvalue weighted by atomic mass is 9.67. The van der Waals surface area contributed by atoms with E-state index in [2.05, 4.69) is 25.6 Å². The van der Waals surface area contributed by atoms with E-state index in [-0.39, 0.29) is 35.7 Å². The van der Waals surface area contributed by atoms with Gasteiger partial charge >= 0.3 is 11.9 Å². The lowest BCUT2D eigenvalue weighted by Gasteiger charge is -2.46. The molecule has 1 aromatic carbocycles. The molecular weight excluding hydrogens is 538 g/mol. The van der Waals surface area contributed by atoms with E-state index in [9.17, 15) is 24.8 Å². The SMILES string of the molecule is CCCC(CCCC(C)(C)CCCCCCO[N+](=O)[O-])C(=O)Oc1ccc2c(c1)OC(C)(C)[C@@H]1CC=C(C(=O)O)C[C@@H]21. The van der Waals surface area contributed by atoms with Crippen molar-refractivity contribution in [3.63, 3.8) is 0 Å². The minimum Gasteiger partial charge on any atom is -0.487 e. The summed E-state index contributed by atoms with van der Waals surface area (Å²) in [6, 6.07) is 5.53. The summed E-state index contributed by atoms with van der Waals surface area (Å²) in [6.45, 7) is 10.8. The Morgan fingerprint density at radius 2 is 1.86 bits per heavy atom. The number of carbonyl (C=O) groups is 2. The van der Waals surface area contributed by atoms with E-state index in [1.54, 1.807) is 6.07 Å². The first-order valence-corrected chi connectivity index (χ1v) is 15.6. The van der Waals surface area contributed by atoms with E-state index in [1.165, 1.54) is 0 Å². The van der Waals surface area contributed by atoms with Gasteiger partial charge in [-0.25, -0.2) is 4.79 Å². The van der Waals surface area contributed by atoms with Gasteiger partial charge in [-0.05, 0) is 81.8 Å². The first-order valence-electron chi connectivity index (χ1n) is 15.6. The topological polar surface area (TPSA) is 125 Å². The molecule has 9 nitrogen and oxygen atoms in total. The molecule has 1 heterocycles. The molecule has 1 aromatic rings. The lowest BCUT2D eigenvalue weighted by molar-refractivity contribution is -0.757. The van der Waals surface area contributed by atoms with Crippen LogP contribution in [0.5, 0.6) is 11.5 Å². The molecule has 0 saturated carbocycles. The number of carboxylic acids is 1. The Kier molecular flexibility index (Phi) is 11.8. The van der Waals surface area contributed by atoms with Crippen LogP contribution in [0.2, 0.25) is 0 Å². The zero-order valence-electron chi connectivity index (χ0n) is 26.0. The van der Waals surface area contributed by atoms with Crippen LogP contribution in [0.3, 0.4) is 0 Å². The van der Waals surface area contributed by atoms with Crippen molar-refractivity contribution in [3.8, 4) is 11.5 Å². The third-order valence-electron chi connectivity index (χ3n) is 9.01. The Hall–Kier alpha value is -3.10. The van der Waals surface area contributed by atoms with Gasteiger partial charge in [0.1, 0.15) is 17.1 Å². The van der Waals surface area contributed by atoms with Crippen molar-refractivity contribution in [3.05, 3.63) is 45.5 Å². The molecule has 234 valence electrons. The fraction of sp³-hybridized carbons (Fsp3) is 0.697. The first-order chi connectivity index (χ1) is 19.8. The molecule has 2 aliphatic rings. The molecule has 9 heteroatoms. The van der Waals surface area contributed by atoms with Crippen molar-refractivity contribution in [1.29, 1.82) is 0 Å². The number of rotatable bonds is 17. The largest absolute Gasteiger partial charge is 0.487 e. The molecule has 3 atom stereocenters. The van der Waals surface area contributed by atoms with Crippen LogP contribution in [-0.2, 0) is 14.4 Å². The second-order valence-corrected chi connectivity index (χ2v) is 13.3. The summed E-state index contributed by atoms with van der Waals surface area (Å²) in [5.74, 6) is 0.0896. The maximum atomic E-state index is 13.3. The molecule has 0 fully saturated rings. The summed E-state index contributed by atoms with van der Waals surface area (Å²) in [6.07, 6.45) is 12.1. The van der Waals surface area contributed by atoms with Crippen LogP contribution in [0, 0.1) is 27.4 Å². The first kappa shape index (κ1) is 33.4. The third-order valence-corrected chi connectivity index (χ3v) is 9.01. The van der Waals surface area contributed by atoms with Gasteiger partial charge in [0.05, 0.1) is 12.5 Å². The number of allylic oxidation sites excluding steroid dienone is 1. The summed E-state index contributed by atoms with van der Waals surface area (Å²) in [5.41, 5.74) is 1.11. The molecule has 0 bridgehead atoms. The number of carboxylic acid groups (broad SMARTS) is 1. The highest BCUT2D eigenvalue weighted by Gasteiger charge is 2.45. The fourth-order valence-electron chi connectivity index (χ4n) is 6.58. The minimum absolute atomic E-state index is 0.0448. The summed E-state index contributed by atoms with van der Waals surface area (Å²) < 4.78 is 12.3. The fourth-order valence-corrected chi connectivity index (χ4v) is 6.58. The molecule has 1 aliphatic carbocycles. The number of hydrogen-bond acceptors (Lipinski definition) is 7. The third kappa shape index (κ3) is 9.46. The Labute approximate surface area is 250 Å². The van der Waals surface area contributed by atoms with Gasteiger partial charge in [-0.2, -0.15) is 0 Å². The number of benzene rings is 1. The van der Waals surface area contributed by atoms with Gasteiger partial charge < -0.3 is 19.4 Å². The van der Waals surface area contributed by atoms with Crippen LogP contribution in [0.4, 0.5) is 0 Å². The zero-order chi connectivity index (χ0) is 30.9. The van der Waals surface area contributed by atoms with Gasteiger partial charge in [-0.15, -0.1) is 10.1 Å². The lowest BCUT2D eigenvalue weighted by Crippen LogP contribution is -2.45. The minimum atomic E-state index is -0.867. The number of esters is 1. The number of ether oxygens (including phenoxy) is 2. The van der Waals surface area contributed by atoms with Crippen LogP contribution < -0.4 is 9.47 Å². The van der Waals surface area contributed by atoms with Crippen molar-refractivity contribution < 1.29 is 34.1 Å². The predicted octanol–water partition coefficient (Wildman–Crippen LogP) is 8.04. The van der Waals surface area contributed by atoms with Crippen molar-refractivity contribution in [2.24, 2.45) is 17.3 Å². The number of hydrogen-bond donors (Lipinski definition) is 1. The molecule has 1 aliphatic heterocycles. The molecule has 3 rings (SSSR count). The summed E-state index contributed by atoms with van der Waals surface area (Å²) in [5, 5.41) is 19.0. The Morgan fingerprint density at radius 3 is 2.55 bits per heavy atom. The van der Waals surface area contributed by atoms with Crippen molar-refractivity contribution >= 4 is 11.9 Å². The number of unbranched alkanes of at least 4 members (excludes halogenated alkanes) is 3. The van der Waals surface area contributed by atoms with E-state index in [0.29, 0.717) is 36.3 Å². The summed E-state index contributed by atoms with van der Waals surface area (Å²) >= 11 is 0. The predicted molar refractivity (Wildman–Crippen MR) is 160 cm³/mol. The number of aliphatic carboxylic acids is 1. The van der Waals surface area contributed by atoms with Crippen molar-refractivity contribution in [1.82, 2.24) is 0 Å². The molecule has 42 heavy (non-hydrogen) atoms. The highest BCUT2D eigenvalue weighted by atomic mass is 16.9. The second kappa shape index (κ2) is 14.9. The monoisotopic (exact) mass is 587 g/mol. The van der Waals surface area contributed by atoms with Crippen LogP contribution in [0.1, 0.15) is 123 Å². The average Bonchev–Trinajstić information content (AvgIpc) is 2.91. The van der Waals surface area contributed by atoms with Gasteiger partial charge in [0, 0.05) is 17.6 Å². The second-order valence-electron chi connectivity index (χ2n) is 13.3. The molecule has 0 amide bonds. The Balaban J connectivity index is 1.53. The molecule has 0 spiro atoms. The highest BCUT2D eigenvalue weighted by Crippen LogP contribution is 2.52. The van der Waals surface area contributed by atoms with E-state index >= 15 is 0 Å². The van der Waals surface area contributed by atoms with Gasteiger partial charge in [0.15, 0.2) is 0 Å². The van der Waals surface area contributed by atoms with E-state index < -0.39 is 16.7 Å². The van der Waals surface area contributed by atoms with Gasteiger partial charge in [-0.1, -0.05) is 65.0 Å². The van der Waals surface area contributed by atoms with Crippen LogP contribution >= 0.6 is 0 Å². The summed E-state index contributed by atoms with van der Waals surface area (Å²) in [7, 11) is 0. The normalized spacial score (nSPS) is 19.9.